The molecule has 0 aromatic heterocycles. The summed E-state index contributed by atoms with van der Waals surface area (Å²) < 4.78 is 1.93. The van der Waals surface area contributed by atoms with Crippen molar-refractivity contribution in [3.63, 3.8) is 0 Å². The number of aromatic nitrogens is 3. The van der Waals surface area contributed by atoms with E-state index in [1.165, 1.54) is 0 Å². The van der Waals surface area contributed by atoms with Crippen LogP contribution < -0.4 is 11.3 Å². The second kappa shape index (κ2) is 3.59. The van der Waals surface area contributed by atoms with Crippen LogP contribution in [0.2, 0.25) is 0 Å². The lowest BCUT2D eigenvalue weighted by Gasteiger charge is -2.18. The Balaban J connectivity index is 2.87. The Labute approximate surface area is 93.3 Å². The van der Waals surface area contributed by atoms with E-state index in [4.69, 9.17) is 5.73 Å². The lowest BCUT2D eigenvalue weighted by Crippen LogP contribution is -2.20. The fourth-order valence-corrected chi connectivity index (χ4v) is 1.72. The molecule has 0 aliphatic carbocycles. The van der Waals surface area contributed by atoms with Crippen LogP contribution >= 0.6 is 0 Å². The van der Waals surface area contributed by atoms with Gasteiger partial charge in [-0.25, -0.2) is 0 Å². The number of hydrogen-bond donors (Lipinski definition) is 1. The van der Waals surface area contributed by atoms with Crippen molar-refractivity contribution in [1.29, 1.82) is 0 Å². The molecule has 2 aliphatic heterocycles. The molecular formula is C11H14N4O. The van der Waals surface area contributed by atoms with E-state index in [2.05, 4.69) is 9.97 Å². The molecule has 0 spiro atoms. The maximum Gasteiger partial charge on any atom is 0.284 e. The summed E-state index contributed by atoms with van der Waals surface area (Å²) in [6.45, 7) is 6.00. The van der Waals surface area contributed by atoms with Gasteiger partial charge >= 0.3 is 0 Å². The molecule has 5 nitrogen and oxygen atoms in total. The molecule has 16 heavy (non-hydrogen) atoms. The Morgan fingerprint density at radius 1 is 1.38 bits per heavy atom. The van der Waals surface area contributed by atoms with Gasteiger partial charge in [-0.2, -0.15) is 9.97 Å². The van der Waals surface area contributed by atoms with Gasteiger partial charge < -0.3 is 10.3 Å². The molecule has 0 aromatic rings. The Morgan fingerprint density at radius 3 is 2.69 bits per heavy atom. The van der Waals surface area contributed by atoms with E-state index in [1.807, 2.05) is 31.5 Å². The van der Waals surface area contributed by atoms with E-state index < -0.39 is 0 Å². The van der Waals surface area contributed by atoms with Crippen molar-refractivity contribution < 1.29 is 0 Å². The van der Waals surface area contributed by atoms with Gasteiger partial charge in [0.2, 0.25) is 5.95 Å². The van der Waals surface area contributed by atoms with E-state index in [0.29, 0.717) is 11.4 Å². The SMILES string of the molecule is Cc1cc2c(=O)nc(N)nc-2n(C(C)C)c1. The standard InChI is InChI=1S/C11H14N4O/c1-6(2)15-5-7(3)4-8-9(15)13-11(12)14-10(8)16/h4-6H,1-3H3,(H2,12,14,16). The van der Waals surface area contributed by atoms with Gasteiger partial charge in [-0.05, 0) is 32.4 Å². The van der Waals surface area contributed by atoms with Crippen LogP contribution in [0.15, 0.2) is 17.1 Å². The van der Waals surface area contributed by atoms with Crippen molar-refractivity contribution >= 4 is 5.95 Å². The molecule has 0 saturated heterocycles. The fourth-order valence-electron chi connectivity index (χ4n) is 1.72. The first-order valence-electron chi connectivity index (χ1n) is 5.15. The summed E-state index contributed by atoms with van der Waals surface area (Å²) in [6, 6.07) is 2.01. The predicted molar refractivity (Wildman–Crippen MR) is 62.4 cm³/mol. The summed E-state index contributed by atoms with van der Waals surface area (Å²) >= 11 is 0. The number of rotatable bonds is 1. The van der Waals surface area contributed by atoms with Crippen molar-refractivity contribution in [1.82, 2.24) is 14.5 Å². The molecule has 2 N–H and O–H groups in total. The van der Waals surface area contributed by atoms with E-state index in [9.17, 15) is 4.79 Å². The second-order valence-corrected chi connectivity index (χ2v) is 4.14. The zero-order chi connectivity index (χ0) is 11.9. The minimum absolute atomic E-state index is 0.0238. The summed E-state index contributed by atoms with van der Waals surface area (Å²) in [5.41, 5.74) is 6.70. The molecule has 0 aromatic carbocycles. The summed E-state index contributed by atoms with van der Waals surface area (Å²) in [5.74, 6) is 0.619. The zero-order valence-corrected chi connectivity index (χ0v) is 9.56. The molecule has 0 saturated carbocycles. The molecule has 0 amide bonds. The molecule has 2 heterocycles. The lowest BCUT2D eigenvalue weighted by atomic mass is 10.1. The maximum absolute atomic E-state index is 11.7. The van der Waals surface area contributed by atoms with Gasteiger partial charge in [0.25, 0.3) is 5.56 Å². The second-order valence-electron chi connectivity index (χ2n) is 4.14. The molecule has 2 aliphatic rings. The number of fused-ring (bicyclic) bond motifs is 1. The fraction of sp³-hybridized carbons (Fsp3) is 0.364. The Bertz CT molecular complexity index is 559. The van der Waals surface area contributed by atoms with Crippen molar-refractivity contribution in [3.8, 4) is 11.4 Å². The van der Waals surface area contributed by atoms with Gasteiger partial charge in [-0.1, -0.05) is 0 Å². The molecule has 2 rings (SSSR count). The summed E-state index contributed by atoms with van der Waals surface area (Å²) in [4.78, 5) is 19.5. The third kappa shape index (κ3) is 1.64. The lowest BCUT2D eigenvalue weighted by molar-refractivity contribution is 0.591. The average Bonchev–Trinajstić information content (AvgIpc) is 2.18. The number of hydrogen-bond acceptors (Lipinski definition) is 4. The van der Waals surface area contributed by atoms with Gasteiger partial charge in [-0.15, -0.1) is 0 Å². The molecular weight excluding hydrogens is 204 g/mol. The number of nitrogen functional groups attached to an aromatic ring is 1. The zero-order valence-electron chi connectivity index (χ0n) is 9.56. The van der Waals surface area contributed by atoms with Crippen LogP contribution in [0.3, 0.4) is 0 Å². The number of anilines is 1. The number of nitrogens with zero attached hydrogens (tertiary/aromatic N) is 3. The van der Waals surface area contributed by atoms with Crippen LogP contribution in [0.1, 0.15) is 25.5 Å². The highest BCUT2D eigenvalue weighted by molar-refractivity contribution is 5.58. The Morgan fingerprint density at radius 2 is 2.06 bits per heavy atom. The van der Waals surface area contributed by atoms with Crippen LogP contribution in [0.5, 0.6) is 0 Å². The van der Waals surface area contributed by atoms with Gasteiger partial charge in [0.1, 0.15) is 5.82 Å². The van der Waals surface area contributed by atoms with E-state index in [0.717, 1.165) is 5.56 Å². The average molecular weight is 218 g/mol. The largest absolute Gasteiger partial charge is 0.368 e. The van der Waals surface area contributed by atoms with Crippen molar-refractivity contribution in [3.05, 3.63) is 28.2 Å². The molecule has 0 radical (unpaired) electrons. The topological polar surface area (TPSA) is 73.8 Å². The number of aryl methyl sites for hydroxylation is 1. The number of nitrogens with two attached hydrogens (primary N) is 1. The molecule has 84 valence electrons. The highest BCUT2D eigenvalue weighted by Crippen LogP contribution is 2.21. The Kier molecular flexibility index (Phi) is 2.38. The predicted octanol–water partition coefficient (Wildman–Crippen LogP) is 1.21. The molecule has 5 heteroatoms. The van der Waals surface area contributed by atoms with Gasteiger partial charge in [0.15, 0.2) is 0 Å². The summed E-state index contributed by atoms with van der Waals surface area (Å²) in [6.07, 6.45) is 1.96. The molecule has 0 unspecified atom stereocenters. The third-order valence-corrected chi connectivity index (χ3v) is 2.42. The molecule has 0 bridgehead atoms. The summed E-state index contributed by atoms with van der Waals surface area (Å²) in [5, 5.41) is 0. The Hall–Kier alpha value is -1.91. The normalized spacial score (nSPS) is 11.2. The minimum Gasteiger partial charge on any atom is -0.368 e. The smallest absolute Gasteiger partial charge is 0.284 e. The monoisotopic (exact) mass is 218 g/mol. The number of pyridine rings is 1. The molecule has 0 fully saturated rings. The van der Waals surface area contributed by atoms with Crippen LogP contribution in [-0.2, 0) is 0 Å². The van der Waals surface area contributed by atoms with E-state index in [-0.39, 0.29) is 17.5 Å². The first-order valence-corrected chi connectivity index (χ1v) is 5.15. The van der Waals surface area contributed by atoms with Crippen LogP contribution in [0.4, 0.5) is 5.95 Å². The van der Waals surface area contributed by atoms with Gasteiger partial charge in [-0.3, -0.25) is 4.79 Å². The summed E-state index contributed by atoms with van der Waals surface area (Å²) in [7, 11) is 0. The first-order chi connectivity index (χ1) is 7.49. The van der Waals surface area contributed by atoms with Crippen LogP contribution in [-0.4, -0.2) is 14.5 Å². The van der Waals surface area contributed by atoms with E-state index >= 15 is 0 Å². The first kappa shape index (κ1) is 10.6. The van der Waals surface area contributed by atoms with E-state index in [1.54, 1.807) is 6.07 Å². The van der Waals surface area contributed by atoms with Crippen LogP contribution in [0, 0.1) is 6.92 Å². The van der Waals surface area contributed by atoms with Crippen LogP contribution in [0.25, 0.3) is 11.4 Å². The highest BCUT2D eigenvalue weighted by atomic mass is 16.1. The quantitative estimate of drug-likeness (QED) is 0.780. The van der Waals surface area contributed by atoms with Crippen molar-refractivity contribution in [2.24, 2.45) is 0 Å². The maximum atomic E-state index is 11.7. The third-order valence-electron chi connectivity index (χ3n) is 2.42. The minimum atomic E-state index is -0.319. The van der Waals surface area contributed by atoms with Crippen molar-refractivity contribution in [2.75, 3.05) is 5.73 Å². The molecule has 0 atom stereocenters. The van der Waals surface area contributed by atoms with Crippen molar-refractivity contribution in [2.45, 2.75) is 26.8 Å². The van der Waals surface area contributed by atoms with Gasteiger partial charge in [0, 0.05) is 12.2 Å². The highest BCUT2D eigenvalue weighted by Gasteiger charge is 2.15. The van der Waals surface area contributed by atoms with Gasteiger partial charge in [0.05, 0.1) is 5.56 Å².